The Hall–Kier alpha value is -1.44. The Morgan fingerprint density at radius 2 is 1.56 bits per heavy atom. The van der Waals surface area contributed by atoms with Gasteiger partial charge >= 0.3 is 11.9 Å². The largest absolute Gasteiger partial charge is 0.481 e. The molecule has 0 heterocycles. The van der Waals surface area contributed by atoms with Crippen LogP contribution in [0, 0.1) is 50.7 Å². The maximum Gasteiger partial charge on any atom is 0.304 e. The van der Waals surface area contributed by atoms with Crippen molar-refractivity contribution in [1.29, 1.82) is 0 Å². The van der Waals surface area contributed by atoms with Gasteiger partial charge in [-0.1, -0.05) is 39.3 Å². The quantitative estimate of drug-likeness (QED) is 0.306. The summed E-state index contributed by atoms with van der Waals surface area (Å²) in [4.78, 5) is 24.1. The van der Waals surface area contributed by atoms with E-state index < -0.39 is 34.5 Å². The summed E-state index contributed by atoms with van der Waals surface area (Å²) in [5.41, 5.74) is -1.82. The average molecular weight is 547 g/mol. The molecule has 0 aromatic carbocycles. The summed E-state index contributed by atoms with van der Waals surface area (Å²) in [6.45, 7) is 10.7. The second-order valence-corrected chi connectivity index (χ2v) is 15.3. The number of carbonyl (C=O) groups is 2. The first-order valence-electron chi connectivity index (χ1n) is 15.2. The lowest BCUT2D eigenvalue weighted by molar-refractivity contribution is -0.230. The van der Waals surface area contributed by atoms with Crippen LogP contribution in [-0.4, -0.2) is 55.8 Å². The predicted octanol–water partition coefficient (Wildman–Crippen LogP) is 5.02. The second kappa shape index (κ2) is 9.03. The Labute approximate surface area is 233 Å². The molecule has 0 unspecified atom stereocenters. The fourth-order valence-corrected chi connectivity index (χ4v) is 11.7. The maximum absolute atomic E-state index is 12.1. The van der Waals surface area contributed by atoms with E-state index in [0.717, 1.165) is 51.4 Å². The van der Waals surface area contributed by atoms with Gasteiger partial charge in [0.2, 0.25) is 0 Å². The van der Waals surface area contributed by atoms with Crippen LogP contribution in [0.3, 0.4) is 0 Å². The molecule has 7 heteroatoms. The van der Waals surface area contributed by atoms with Gasteiger partial charge in [0.15, 0.2) is 0 Å². The second-order valence-electron chi connectivity index (χ2n) is 15.3. The summed E-state index contributed by atoms with van der Waals surface area (Å²) in [6, 6.07) is 0. The Morgan fingerprint density at radius 3 is 2.18 bits per heavy atom. The zero-order valence-electron chi connectivity index (χ0n) is 24.5. The monoisotopic (exact) mass is 546 g/mol. The lowest BCUT2D eigenvalue weighted by atomic mass is 9.32. The van der Waals surface area contributed by atoms with Gasteiger partial charge in [-0.05, 0) is 104 Å². The van der Waals surface area contributed by atoms with Crippen LogP contribution in [0.5, 0.6) is 0 Å². The van der Waals surface area contributed by atoms with E-state index in [4.69, 9.17) is 0 Å². The molecule has 0 aromatic heterocycles. The van der Waals surface area contributed by atoms with Gasteiger partial charge in [-0.3, -0.25) is 9.59 Å². The van der Waals surface area contributed by atoms with Gasteiger partial charge in [0.25, 0.3) is 0 Å². The molecule has 5 N–H and O–H groups in total. The third-order valence-corrected chi connectivity index (χ3v) is 14.1. The third-order valence-electron chi connectivity index (χ3n) is 14.1. The fraction of sp³-hybridized carbons (Fsp3) is 0.875. The molecular weight excluding hydrogens is 496 g/mol. The highest BCUT2D eigenvalue weighted by molar-refractivity contribution is 5.68. The van der Waals surface area contributed by atoms with Crippen LogP contribution in [0.2, 0.25) is 0 Å². The van der Waals surface area contributed by atoms with Crippen molar-refractivity contribution in [2.75, 3.05) is 6.61 Å². The smallest absolute Gasteiger partial charge is 0.304 e. The SMILES string of the molecule is C[C@@H]1CC[C@]2(CC(=O)O)CC[C@]3(C)C(=CC[C@@H]4[C@@]5(C)CC[C@H](O)[C@@](CO)(CC(=O)O)[C@@H]5CC[C@]43C)[C@@H]2[C@]1(C)O. The minimum absolute atomic E-state index is 0.0764. The third kappa shape index (κ3) is 3.71. The molecule has 39 heavy (non-hydrogen) atoms. The van der Waals surface area contributed by atoms with Crippen LogP contribution in [0.15, 0.2) is 11.6 Å². The van der Waals surface area contributed by atoms with E-state index in [0.29, 0.717) is 6.42 Å². The van der Waals surface area contributed by atoms with E-state index in [1.807, 2.05) is 6.92 Å². The average Bonchev–Trinajstić information content (AvgIpc) is 2.84. The first kappa shape index (κ1) is 29.1. The van der Waals surface area contributed by atoms with E-state index in [1.54, 1.807) is 0 Å². The number of hydrogen-bond donors (Lipinski definition) is 5. The number of carboxylic acid groups (broad SMARTS) is 2. The number of hydrogen-bond acceptors (Lipinski definition) is 5. The molecule has 0 amide bonds. The summed E-state index contributed by atoms with van der Waals surface area (Å²) < 4.78 is 0. The molecule has 11 atom stereocenters. The molecule has 0 aliphatic heterocycles. The molecule has 5 rings (SSSR count). The summed E-state index contributed by atoms with van der Waals surface area (Å²) in [6.07, 6.45) is 8.34. The predicted molar refractivity (Wildman–Crippen MR) is 147 cm³/mol. The minimum atomic E-state index is -1.04. The number of fused-ring (bicyclic) bond motifs is 7. The number of aliphatic hydroxyl groups is 3. The Kier molecular flexibility index (Phi) is 6.73. The van der Waals surface area contributed by atoms with Crippen molar-refractivity contribution in [2.45, 2.75) is 117 Å². The van der Waals surface area contributed by atoms with E-state index in [9.17, 15) is 35.1 Å². The van der Waals surface area contributed by atoms with Gasteiger partial charge in [-0.25, -0.2) is 0 Å². The zero-order valence-corrected chi connectivity index (χ0v) is 24.5. The molecule has 7 nitrogen and oxygen atoms in total. The number of allylic oxidation sites excluding steroid dienone is 1. The molecule has 4 fully saturated rings. The van der Waals surface area contributed by atoms with Crippen molar-refractivity contribution >= 4 is 11.9 Å². The Bertz CT molecular complexity index is 1070. The van der Waals surface area contributed by atoms with Crippen molar-refractivity contribution in [3.63, 3.8) is 0 Å². The molecule has 0 radical (unpaired) electrons. The Morgan fingerprint density at radius 1 is 0.897 bits per heavy atom. The van der Waals surface area contributed by atoms with Crippen molar-refractivity contribution in [2.24, 2.45) is 50.7 Å². The molecule has 0 spiro atoms. The molecule has 5 aliphatic rings. The van der Waals surface area contributed by atoms with E-state index in [-0.39, 0.29) is 59.4 Å². The molecular formula is C32H50O7. The topological polar surface area (TPSA) is 135 Å². The van der Waals surface area contributed by atoms with Gasteiger partial charge < -0.3 is 25.5 Å². The van der Waals surface area contributed by atoms with E-state index >= 15 is 0 Å². The molecule has 4 saturated carbocycles. The normalized spacial score (nSPS) is 52.9. The van der Waals surface area contributed by atoms with Crippen LogP contribution in [0.25, 0.3) is 0 Å². The summed E-state index contributed by atoms with van der Waals surface area (Å²) in [5, 5.41) is 53.6. The van der Waals surface area contributed by atoms with Crippen molar-refractivity contribution in [3.8, 4) is 0 Å². The summed E-state index contributed by atoms with van der Waals surface area (Å²) >= 11 is 0. The van der Waals surface area contributed by atoms with Crippen LogP contribution >= 0.6 is 0 Å². The van der Waals surface area contributed by atoms with Gasteiger partial charge in [-0.2, -0.15) is 0 Å². The van der Waals surface area contributed by atoms with Crippen molar-refractivity contribution in [1.82, 2.24) is 0 Å². The van der Waals surface area contributed by atoms with Gasteiger partial charge in [-0.15, -0.1) is 0 Å². The molecule has 0 saturated heterocycles. The summed E-state index contributed by atoms with van der Waals surface area (Å²) in [5.74, 6) is -1.76. The lowest BCUT2D eigenvalue weighted by Gasteiger charge is -2.72. The van der Waals surface area contributed by atoms with Crippen molar-refractivity contribution < 1.29 is 35.1 Å². The van der Waals surface area contributed by atoms with Crippen LogP contribution in [-0.2, 0) is 9.59 Å². The first-order valence-corrected chi connectivity index (χ1v) is 15.2. The van der Waals surface area contributed by atoms with Gasteiger partial charge in [0.1, 0.15) is 0 Å². The zero-order chi connectivity index (χ0) is 28.8. The highest BCUT2D eigenvalue weighted by Gasteiger charge is 2.71. The molecule has 0 bridgehead atoms. The fourth-order valence-electron chi connectivity index (χ4n) is 11.7. The van der Waals surface area contributed by atoms with E-state index in [2.05, 4.69) is 33.8 Å². The molecule has 5 aliphatic carbocycles. The van der Waals surface area contributed by atoms with Gasteiger partial charge in [0, 0.05) is 11.3 Å². The minimum Gasteiger partial charge on any atom is -0.481 e. The number of aliphatic carboxylic acids is 2. The standard InChI is InChI=1S/C32H50O7/c1-19-8-13-31(16-24(35)36)15-14-28(3)20(26(31)30(19,5)39)6-7-21-27(2)11-10-23(34)32(18-33,17-25(37)38)22(27)9-12-29(21,28)4/h6,19,21-23,26,33-34,39H,7-18H2,1-5H3,(H,35,36)(H,37,38)/t19-,21-,22-,23+,26-,27-,28-,29-,30-,31-,32-/m1/s1. The van der Waals surface area contributed by atoms with Crippen molar-refractivity contribution in [3.05, 3.63) is 11.6 Å². The number of carboxylic acids is 2. The lowest BCUT2D eigenvalue weighted by Crippen LogP contribution is -2.68. The Balaban J connectivity index is 1.62. The highest BCUT2D eigenvalue weighted by Crippen LogP contribution is 2.76. The highest BCUT2D eigenvalue weighted by atomic mass is 16.4. The van der Waals surface area contributed by atoms with E-state index in [1.165, 1.54) is 5.57 Å². The van der Waals surface area contributed by atoms with Crippen LogP contribution in [0.1, 0.15) is 105 Å². The maximum atomic E-state index is 12.1. The van der Waals surface area contributed by atoms with Crippen LogP contribution in [0.4, 0.5) is 0 Å². The summed E-state index contributed by atoms with van der Waals surface area (Å²) in [7, 11) is 0. The number of aliphatic hydroxyl groups excluding tert-OH is 2. The molecule has 220 valence electrons. The first-order chi connectivity index (χ1) is 18.0. The van der Waals surface area contributed by atoms with Crippen LogP contribution < -0.4 is 0 Å². The van der Waals surface area contributed by atoms with Gasteiger partial charge in [0.05, 0.1) is 31.2 Å². The molecule has 0 aromatic rings. The number of rotatable bonds is 5.